The van der Waals surface area contributed by atoms with E-state index in [4.69, 9.17) is 4.74 Å². The molecule has 0 saturated heterocycles. The molecule has 0 N–H and O–H groups in total. The molecule has 6 heteroatoms. The molecule has 0 spiro atoms. The lowest BCUT2D eigenvalue weighted by Crippen LogP contribution is -1.99. The van der Waals surface area contributed by atoms with Crippen LogP contribution < -0.4 is 4.74 Å². The molecule has 0 amide bonds. The van der Waals surface area contributed by atoms with E-state index in [1.54, 1.807) is 24.9 Å². The van der Waals surface area contributed by atoms with Crippen LogP contribution in [0.3, 0.4) is 0 Å². The number of para-hydroxylation sites is 1. The Kier molecular flexibility index (Phi) is 5.39. The predicted octanol–water partition coefficient (Wildman–Crippen LogP) is 5.37. The van der Waals surface area contributed by atoms with Crippen molar-refractivity contribution in [3.05, 3.63) is 90.2 Å². The highest BCUT2D eigenvalue weighted by atomic mass is 32.2. The molecule has 28 heavy (non-hydrogen) atoms. The molecule has 4 rings (SSSR count). The van der Waals surface area contributed by atoms with E-state index in [1.165, 1.54) is 12.1 Å². The molecular formula is C22H18FN3OS. The van der Waals surface area contributed by atoms with E-state index in [-0.39, 0.29) is 5.82 Å². The van der Waals surface area contributed by atoms with Crippen LogP contribution in [0.15, 0.2) is 84.0 Å². The molecule has 0 atom stereocenters. The van der Waals surface area contributed by atoms with Gasteiger partial charge in [0.1, 0.15) is 11.6 Å². The van der Waals surface area contributed by atoms with Gasteiger partial charge in [-0.2, -0.15) is 0 Å². The Morgan fingerprint density at radius 2 is 1.71 bits per heavy atom. The van der Waals surface area contributed by atoms with Crippen molar-refractivity contribution >= 4 is 11.8 Å². The van der Waals surface area contributed by atoms with Crippen LogP contribution in [0.4, 0.5) is 4.39 Å². The fourth-order valence-corrected chi connectivity index (χ4v) is 3.77. The van der Waals surface area contributed by atoms with Crippen LogP contribution in [0.2, 0.25) is 0 Å². The van der Waals surface area contributed by atoms with E-state index in [9.17, 15) is 4.39 Å². The van der Waals surface area contributed by atoms with E-state index in [0.717, 1.165) is 27.9 Å². The van der Waals surface area contributed by atoms with Crippen molar-refractivity contribution in [3.63, 3.8) is 0 Å². The van der Waals surface area contributed by atoms with E-state index >= 15 is 0 Å². The van der Waals surface area contributed by atoms with Crippen LogP contribution in [0.1, 0.15) is 5.56 Å². The third-order valence-electron chi connectivity index (χ3n) is 4.26. The number of nitrogens with zero attached hydrogens (tertiary/aromatic N) is 3. The summed E-state index contributed by atoms with van der Waals surface area (Å²) in [5, 5.41) is 9.48. The molecule has 3 aromatic carbocycles. The van der Waals surface area contributed by atoms with E-state index in [1.807, 2.05) is 65.2 Å². The Balaban J connectivity index is 1.68. The van der Waals surface area contributed by atoms with Crippen LogP contribution in [0.25, 0.3) is 17.1 Å². The lowest BCUT2D eigenvalue weighted by molar-refractivity contribution is 0.414. The first-order valence-electron chi connectivity index (χ1n) is 8.77. The van der Waals surface area contributed by atoms with Gasteiger partial charge in [-0.05, 0) is 42.0 Å². The first-order chi connectivity index (χ1) is 13.7. The maximum Gasteiger partial charge on any atom is 0.196 e. The largest absolute Gasteiger partial charge is 0.497 e. The SMILES string of the molecule is COc1ccc(CSc2nnc(-c3cccc(F)c3)n2-c2ccccc2)cc1. The lowest BCUT2D eigenvalue weighted by Gasteiger charge is -2.10. The normalized spacial score (nSPS) is 10.8. The smallest absolute Gasteiger partial charge is 0.196 e. The van der Waals surface area contributed by atoms with Crippen LogP contribution in [-0.2, 0) is 5.75 Å². The number of thioether (sulfide) groups is 1. The molecule has 0 radical (unpaired) electrons. The molecule has 0 bridgehead atoms. The maximum absolute atomic E-state index is 13.8. The number of hydrogen-bond donors (Lipinski definition) is 0. The second-order valence-corrected chi connectivity index (χ2v) is 7.07. The number of rotatable bonds is 6. The van der Waals surface area contributed by atoms with Crippen molar-refractivity contribution in [2.45, 2.75) is 10.9 Å². The third-order valence-corrected chi connectivity index (χ3v) is 5.26. The zero-order valence-electron chi connectivity index (χ0n) is 15.2. The van der Waals surface area contributed by atoms with Gasteiger partial charge in [0.15, 0.2) is 11.0 Å². The highest BCUT2D eigenvalue weighted by Crippen LogP contribution is 2.30. The monoisotopic (exact) mass is 391 g/mol. The molecule has 4 aromatic rings. The molecule has 1 aromatic heterocycles. The number of benzene rings is 3. The van der Waals surface area contributed by atoms with Gasteiger partial charge < -0.3 is 4.74 Å². The van der Waals surface area contributed by atoms with Crippen LogP contribution in [0.5, 0.6) is 5.75 Å². The summed E-state index contributed by atoms with van der Waals surface area (Å²) in [5.74, 6) is 1.88. The minimum Gasteiger partial charge on any atom is -0.497 e. The molecule has 0 aliphatic heterocycles. The molecule has 0 unspecified atom stereocenters. The highest BCUT2D eigenvalue weighted by molar-refractivity contribution is 7.98. The van der Waals surface area contributed by atoms with Gasteiger partial charge in [0.05, 0.1) is 7.11 Å². The van der Waals surface area contributed by atoms with Gasteiger partial charge in [0.2, 0.25) is 0 Å². The molecule has 0 saturated carbocycles. The summed E-state index contributed by atoms with van der Waals surface area (Å²) >= 11 is 1.58. The topological polar surface area (TPSA) is 39.9 Å². The number of methoxy groups -OCH3 is 1. The zero-order valence-corrected chi connectivity index (χ0v) is 16.1. The van der Waals surface area contributed by atoms with Gasteiger partial charge in [-0.3, -0.25) is 4.57 Å². The number of aromatic nitrogens is 3. The van der Waals surface area contributed by atoms with Crippen molar-refractivity contribution in [2.75, 3.05) is 7.11 Å². The fourth-order valence-electron chi connectivity index (χ4n) is 2.86. The summed E-state index contributed by atoms with van der Waals surface area (Å²) in [5.41, 5.74) is 2.78. The lowest BCUT2D eigenvalue weighted by atomic mass is 10.2. The molecule has 4 nitrogen and oxygen atoms in total. The van der Waals surface area contributed by atoms with Gasteiger partial charge in [-0.15, -0.1) is 10.2 Å². The van der Waals surface area contributed by atoms with Crippen LogP contribution >= 0.6 is 11.8 Å². The summed E-state index contributed by atoms with van der Waals surface area (Å²) in [4.78, 5) is 0. The summed E-state index contributed by atoms with van der Waals surface area (Å²) in [6.07, 6.45) is 0. The Labute approximate surface area is 167 Å². The van der Waals surface area contributed by atoms with Crippen LogP contribution in [-0.4, -0.2) is 21.9 Å². The molecule has 0 fully saturated rings. The first-order valence-corrected chi connectivity index (χ1v) is 9.75. The average molecular weight is 391 g/mol. The van der Waals surface area contributed by atoms with Gasteiger partial charge in [0, 0.05) is 17.0 Å². The van der Waals surface area contributed by atoms with Crippen molar-refractivity contribution in [3.8, 4) is 22.8 Å². The first kappa shape index (κ1) is 18.3. The van der Waals surface area contributed by atoms with E-state index in [0.29, 0.717) is 11.4 Å². The third kappa shape index (κ3) is 3.92. The Morgan fingerprint density at radius 3 is 2.43 bits per heavy atom. The molecule has 0 aliphatic carbocycles. The fraction of sp³-hybridized carbons (Fsp3) is 0.0909. The van der Waals surface area contributed by atoms with E-state index in [2.05, 4.69) is 10.2 Å². The van der Waals surface area contributed by atoms with E-state index < -0.39 is 0 Å². The quantitative estimate of drug-likeness (QED) is 0.414. The van der Waals surface area contributed by atoms with Crippen molar-refractivity contribution in [1.29, 1.82) is 0 Å². The van der Waals surface area contributed by atoms with Gasteiger partial charge in [0.25, 0.3) is 0 Å². The predicted molar refractivity (Wildman–Crippen MR) is 109 cm³/mol. The summed E-state index contributed by atoms with van der Waals surface area (Å²) in [6, 6.07) is 24.2. The van der Waals surface area contributed by atoms with Gasteiger partial charge in [-0.1, -0.05) is 54.2 Å². The molecular weight excluding hydrogens is 373 g/mol. The minimum atomic E-state index is -0.299. The maximum atomic E-state index is 13.8. The molecule has 140 valence electrons. The second-order valence-electron chi connectivity index (χ2n) is 6.12. The van der Waals surface area contributed by atoms with Crippen molar-refractivity contribution in [1.82, 2.24) is 14.8 Å². The van der Waals surface area contributed by atoms with Gasteiger partial charge >= 0.3 is 0 Å². The number of ether oxygens (including phenoxy) is 1. The average Bonchev–Trinajstić information content (AvgIpc) is 3.17. The Bertz CT molecular complexity index is 1060. The summed E-state index contributed by atoms with van der Waals surface area (Å²) < 4.78 is 20.9. The summed E-state index contributed by atoms with van der Waals surface area (Å²) in [6.45, 7) is 0. The summed E-state index contributed by atoms with van der Waals surface area (Å²) in [7, 11) is 1.65. The standard InChI is InChI=1S/C22H18FN3OS/c1-27-20-12-10-16(11-13-20)15-28-22-25-24-21(17-6-5-7-18(23)14-17)26(22)19-8-3-2-4-9-19/h2-14H,15H2,1H3. The van der Waals surface area contributed by atoms with Crippen molar-refractivity contribution < 1.29 is 9.13 Å². The zero-order chi connectivity index (χ0) is 19.3. The minimum absolute atomic E-state index is 0.299. The number of halogens is 1. The van der Waals surface area contributed by atoms with Gasteiger partial charge in [-0.25, -0.2) is 4.39 Å². The Morgan fingerprint density at radius 1 is 0.929 bits per heavy atom. The highest BCUT2D eigenvalue weighted by Gasteiger charge is 2.16. The Hall–Kier alpha value is -3.12. The number of hydrogen-bond acceptors (Lipinski definition) is 4. The molecule has 0 aliphatic rings. The van der Waals surface area contributed by atoms with Crippen molar-refractivity contribution in [2.24, 2.45) is 0 Å². The molecule has 1 heterocycles. The van der Waals surface area contributed by atoms with Crippen LogP contribution in [0, 0.1) is 5.82 Å². The second kappa shape index (κ2) is 8.27.